The summed E-state index contributed by atoms with van der Waals surface area (Å²) in [5.41, 5.74) is 1.25. The molecule has 0 amide bonds. The molecule has 4 nitrogen and oxygen atoms in total. The van der Waals surface area contributed by atoms with Gasteiger partial charge in [-0.1, -0.05) is 29.5 Å². The molecule has 0 spiro atoms. The van der Waals surface area contributed by atoms with Gasteiger partial charge in [-0.05, 0) is 43.5 Å². The predicted octanol–water partition coefficient (Wildman–Crippen LogP) is 4.21. The maximum atomic E-state index is 13.1. The highest BCUT2D eigenvalue weighted by Gasteiger charge is 2.18. The summed E-state index contributed by atoms with van der Waals surface area (Å²) in [4.78, 5) is 8.62. The molecular weight excluding hydrogens is 373 g/mol. The van der Waals surface area contributed by atoms with Crippen molar-refractivity contribution in [3.63, 3.8) is 0 Å². The molecule has 148 valence electrons. The number of fused-ring (bicyclic) bond motifs is 1. The minimum Gasteiger partial charge on any atom is -0.493 e. The Morgan fingerprint density at radius 2 is 1.96 bits per heavy atom. The van der Waals surface area contributed by atoms with Gasteiger partial charge in [-0.2, -0.15) is 0 Å². The smallest absolute Gasteiger partial charge is 0.185 e. The average Bonchev–Trinajstić information content (AvgIpc) is 3.02. The molecule has 0 bridgehead atoms. The van der Waals surface area contributed by atoms with Gasteiger partial charge in [-0.3, -0.25) is 4.99 Å². The molecule has 1 aliphatic rings. The summed E-state index contributed by atoms with van der Waals surface area (Å²) in [6.45, 7) is 3.77. The lowest BCUT2D eigenvalue weighted by molar-refractivity contribution is 0.193. The van der Waals surface area contributed by atoms with Crippen LogP contribution < -0.4 is 9.54 Å². The van der Waals surface area contributed by atoms with Crippen LogP contribution in [0.25, 0.3) is 10.2 Å². The summed E-state index contributed by atoms with van der Waals surface area (Å²) in [7, 11) is 2.10. The van der Waals surface area contributed by atoms with Crippen molar-refractivity contribution in [2.24, 2.45) is 12.0 Å². The van der Waals surface area contributed by atoms with Gasteiger partial charge in [-0.15, -0.1) is 0 Å². The Balaban J connectivity index is 1.25. The molecular formula is C22H26FN3OS. The van der Waals surface area contributed by atoms with E-state index in [1.54, 1.807) is 23.5 Å². The van der Waals surface area contributed by atoms with Gasteiger partial charge in [0.25, 0.3) is 0 Å². The topological polar surface area (TPSA) is 29.8 Å². The molecule has 4 rings (SSSR count). The molecule has 0 N–H and O–H groups in total. The van der Waals surface area contributed by atoms with Crippen LogP contribution in [0.4, 0.5) is 4.39 Å². The quantitative estimate of drug-likeness (QED) is 0.581. The molecule has 6 heteroatoms. The number of piperidine rings is 1. The molecule has 0 atom stereocenters. The van der Waals surface area contributed by atoms with E-state index in [1.165, 1.54) is 22.3 Å². The first kappa shape index (κ1) is 19.2. The van der Waals surface area contributed by atoms with Crippen LogP contribution in [-0.4, -0.2) is 41.8 Å². The van der Waals surface area contributed by atoms with E-state index < -0.39 is 0 Å². The van der Waals surface area contributed by atoms with E-state index in [9.17, 15) is 4.39 Å². The van der Waals surface area contributed by atoms with Crippen molar-refractivity contribution in [1.82, 2.24) is 9.47 Å². The summed E-state index contributed by atoms with van der Waals surface area (Å²) in [5, 5.41) is 0. The van der Waals surface area contributed by atoms with Crippen molar-refractivity contribution in [3.05, 3.63) is 59.1 Å². The highest BCUT2D eigenvalue weighted by molar-refractivity contribution is 7.16. The number of ether oxygens (including phenoxy) is 1. The zero-order chi connectivity index (χ0) is 19.3. The second kappa shape index (κ2) is 8.88. The molecule has 1 saturated heterocycles. The van der Waals surface area contributed by atoms with E-state index in [0.29, 0.717) is 18.4 Å². The maximum Gasteiger partial charge on any atom is 0.185 e. The highest BCUT2D eigenvalue weighted by Crippen LogP contribution is 2.18. The predicted molar refractivity (Wildman–Crippen MR) is 112 cm³/mol. The van der Waals surface area contributed by atoms with E-state index in [0.717, 1.165) is 43.7 Å². The molecule has 0 unspecified atom stereocenters. The number of thiazole rings is 1. The van der Waals surface area contributed by atoms with Crippen LogP contribution in [0.2, 0.25) is 0 Å². The molecule has 0 aliphatic carbocycles. The minimum atomic E-state index is -0.254. The van der Waals surface area contributed by atoms with Crippen molar-refractivity contribution in [2.75, 3.05) is 26.2 Å². The number of halogens is 1. The first-order chi connectivity index (χ1) is 13.7. The van der Waals surface area contributed by atoms with Crippen LogP contribution in [0.3, 0.4) is 0 Å². The van der Waals surface area contributed by atoms with E-state index in [1.807, 2.05) is 0 Å². The van der Waals surface area contributed by atoms with Crippen LogP contribution in [0.1, 0.15) is 19.3 Å². The van der Waals surface area contributed by atoms with Crippen molar-refractivity contribution >= 4 is 21.6 Å². The summed E-state index contributed by atoms with van der Waals surface area (Å²) >= 11 is 1.77. The number of aryl methyl sites for hydroxylation is 1. The van der Waals surface area contributed by atoms with E-state index in [2.05, 4.69) is 40.8 Å². The molecule has 1 aliphatic heterocycles. The average molecular weight is 400 g/mol. The minimum absolute atomic E-state index is 0.254. The number of hydrogen-bond donors (Lipinski definition) is 0. The van der Waals surface area contributed by atoms with Gasteiger partial charge < -0.3 is 14.2 Å². The molecule has 3 aromatic rings. The first-order valence-corrected chi connectivity index (χ1v) is 10.7. The third kappa shape index (κ3) is 4.62. The largest absolute Gasteiger partial charge is 0.493 e. The molecule has 1 fully saturated rings. The molecule has 0 radical (unpaired) electrons. The summed E-state index contributed by atoms with van der Waals surface area (Å²) in [6, 6.07) is 15.2. The van der Waals surface area contributed by atoms with E-state index in [-0.39, 0.29) is 5.82 Å². The summed E-state index contributed by atoms with van der Waals surface area (Å²) < 4.78 is 22.3. The Morgan fingerprint density at radius 3 is 2.75 bits per heavy atom. The van der Waals surface area contributed by atoms with Gasteiger partial charge in [0, 0.05) is 32.7 Å². The number of aromatic nitrogens is 1. The van der Waals surface area contributed by atoms with Gasteiger partial charge in [0.2, 0.25) is 0 Å². The second-order valence-electron chi connectivity index (χ2n) is 7.27. The fraction of sp³-hybridized carbons (Fsp3) is 0.409. The van der Waals surface area contributed by atoms with Crippen molar-refractivity contribution in [1.29, 1.82) is 0 Å². The van der Waals surface area contributed by atoms with Crippen LogP contribution >= 0.6 is 11.3 Å². The van der Waals surface area contributed by atoms with Gasteiger partial charge in [0.1, 0.15) is 11.6 Å². The lowest BCUT2D eigenvalue weighted by Crippen LogP contribution is -2.37. The molecule has 1 aromatic heterocycles. The van der Waals surface area contributed by atoms with Crippen LogP contribution in [0, 0.1) is 5.82 Å². The van der Waals surface area contributed by atoms with Crippen LogP contribution in [0.5, 0.6) is 5.75 Å². The maximum absolute atomic E-state index is 13.1. The first-order valence-electron chi connectivity index (χ1n) is 9.88. The standard InChI is InChI=1S/C22H26FN3OS/c1-25-20-8-2-3-9-21(20)28-22(25)24-18-10-13-26(14-11-18)12-5-15-27-19-7-4-6-17(23)16-19/h2-4,6-9,16,18H,5,10-15H2,1H3. The SMILES string of the molecule is Cn1c(=NC2CCN(CCCOc3cccc(F)c3)CC2)sc2ccccc21. The Hall–Kier alpha value is -2.18. The zero-order valence-electron chi connectivity index (χ0n) is 16.2. The molecule has 28 heavy (non-hydrogen) atoms. The number of benzene rings is 2. The monoisotopic (exact) mass is 399 g/mol. The molecule has 2 aromatic carbocycles. The summed E-state index contributed by atoms with van der Waals surface area (Å²) in [5.74, 6) is 0.351. The van der Waals surface area contributed by atoms with E-state index in [4.69, 9.17) is 9.73 Å². The van der Waals surface area contributed by atoms with Gasteiger partial charge in [0.05, 0.1) is 22.9 Å². The van der Waals surface area contributed by atoms with Crippen molar-refractivity contribution in [2.45, 2.75) is 25.3 Å². The highest BCUT2D eigenvalue weighted by atomic mass is 32.1. The Kier molecular flexibility index (Phi) is 6.07. The number of hydrogen-bond acceptors (Lipinski definition) is 4. The van der Waals surface area contributed by atoms with E-state index >= 15 is 0 Å². The Labute approximate surface area is 168 Å². The molecule has 2 heterocycles. The normalized spacial score (nSPS) is 16.7. The van der Waals surface area contributed by atoms with Crippen molar-refractivity contribution < 1.29 is 9.13 Å². The number of para-hydroxylation sites is 1. The number of rotatable bonds is 6. The lowest BCUT2D eigenvalue weighted by Gasteiger charge is -2.29. The third-order valence-corrected chi connectivity index (χ3v) is 6.38. The lowest BCUT2D eigenvalue weighted by atomic mass is 10.1. The third-order valence-electron chi connectivity index (χ3n) is 5.25. The summed E-state index contributed by atoms with van der Waals surface area (Å²) in [6.07, 6.45) is 3.14. The Morgan fingerprint density at radius 1 is 1.14 bits per heavy atom. The second-order valence-corrected chi connectivity index (χ2v) is 8.28. The van der Waals surface area contributed by atoms with Crippen LogP contribution in [-0.2, 0) is 7.05 Å². The van der Waals surface area contributed by atoms with Crippen LogP contribution in [0.15, 0.2) is 53.5 Å². The van der Waals surface area contributed by atoms with Gasteiger partial charge in [-0.25, -0.2) is 4.39 Å². The van der Waals surface area contributed by atoms with Crippen molar-refractivity contribution in [3.8, 4) is 5.75 Å². The Bertz CT molecular complexity index is 989. The zero-order valence-corrected chi connectivity index (χ0v) is 17.0. The fourth-order valence-electron chi connectivity index (χ4n) is 3.67. The van der Waals surface area contributed by atoms with Gasteiger partial charge in [0.15, 0.2) is 4.80 Å². The molecule has 0 saturated carbocycles. The fourth-order valence-corrected chi connectivity index (χ4v) is 4.76. The number of likely N-dealkylation sites (tertiary alicyclic amines) is 1. The number of nitrogens with zero attached hydrogens (tertiary/aromatic N) is 3. The van der Waals surface area contributed by atoms with Gasteiger partial charge >= 0.3 is 0 Å².